The molecule has 8 nitrogen and oxygen atoms in total. The normalized spacial score (nSPS) is 15.3. The number of nitrogens with zero attached hydrogens (tertiary/aromatic N) is 5. The van der Waals surface area contributed by atoms with Crippen LogP contribution >= 0.6 is 0 Å². The Morgan fingerprint density at radius 1 is 1.30 bits per heavy atom. The maximum atomic E-state index is 12.8. The van der Waals surface area contributed by atoms with Crippen molar-refractivity contribution in [2.24, 2.45) is 13.0 Å². The molecule has 1 aliphatic heterocycles. The van der Waals surface area contributed by atoms with Crippen LogP contribution < -0.4 is 10.2 Å². The van der Waals surface area contributed by atoms with E-state index in [1.807, 2.05) is 0 Å². The van der Waals surface area contributed by atoms with Gasteiger partial charge in [0.05, 0.1) is 5.69 Å². The molecule has 3 rings (SSSR count). The summed E-state index contributed by atoms with van der Waals surface area (Å²) < 4.78 is 45.2. The van der Waals surface area contributed by atoms with Crippen LogP contribution in [0.5, 0.6) is 0 Å². The minimum atomic E-state index is -4.47. The third kappa shape index (κ3) is 6.33. The van der Waals surface area contributed by atoms with Gasteiger partial charge in [-0.15, -0.1) is 0 Å². The van der Waals surface area contributed by atoms with E-state index in [1.54, 1.807) is 28.9 Å². The number of alkyl halides is 3. The number of aryl methyl sites for hydroxylation is 1. The fourth-order valence-corrected chi connectivity index (χ4v) is 3.39. The first kappa shape index (κ1) is 21.8. The van der Waals surface area contributed by atoms with Gasteiger partial charge in [-0.2, -0.15) is 18.3 Å². The van der Waals surface area contributed by atoms with Crippen LogP contribution in [0.3, 0.4) is 0 Å². The Morgan fingerprint density at radius 2 is 2.07 bits per heavy atom. The van der Waals surface area contributed by atoms with Gasteiger partial charge in [-0.25, -0.2) is 14.8 Å². The quantitative estimate of drug-likeness (QED) is 0.685. The molecule has 1 saturated heterocycles. The minimum Gasteiger partial charge on any atom is -0.443 e. The standard InChI is InChI=1S/C19H25F3N6O2/c1-27-10-7-15(26-27)13-30-18(29)24-8-2-3-14-5-11-28(12-6-14)17-23-9-4-16(25-17)19(20,21)22/h4,7,9-10,14H,2-3,5-6,8,11-13H2,1H3,(H,24,29). The second-order valence-corrected chi connectivity index (χ2v) is 7.30. The Labute approximate surface area is 172 Å². The zero-order valence-corrected chi connectivity index (χ0v) is 16.7. The lowest BCUT2D eigenvalue weighted by atomic mass is 9.92. The maximum Gasteiger partial charge on any atom is 0.433 e. The van der Waals surface area contributed by atoms with Gasteiger partial charge >= 0.3 is 12.3 Å². The topological polar surface area (TPSA) is 85.2 Å². The van der Waals surface area contributed by atoms with E-state index < -0.39 is 18.0 Å². The summed E-state index contributed by atoms with van der Waals surface area (Å²) in [6, 6.07) is 2.66. The number of hydrogen-bond acceptors (Lipinski definition) is 6. The molecule has 1 aliphatic rings. The summed E-state index contributed by atoms with van der Waals surface area (Å²) in [5.74, 6) is 0.582. The Bertz CT molecular complexity index is 834. The Hall–Kier alpha value is -2.85. The smallest absolute Gasteiger partial charge is 0.433 e. The summed E-state index contributed by atoms with van der Waals surface area (Å²) in [6.45, 7) is 1.87. The van der Waals surface area contributed by atoms with Crippen LogP contribution in [0.15, 0.2) is 24.5 Å². The fourth-order valence-electron chi connectivity index (χ4n) is 3.39. The first-order chi connectivity index (χ1) is 14.3. The average molecular weight is 426 g/mol. The number of piperidine rings is 1. The number of anilines is 1. The van der Waals surface area contributed by atoms with E-state index in [1.165, 1.54) is 0 Å². The first-order valence-corrected chi connectivity index (χ1v) is 9.85. The fraction of sp³-hybridized carbons (Fsp3) is 0.579. The van der Waals surface area contributed by atoms with E-state index in [9.17, 15) is 18.0 Å². The predicted molar refractivity (Wildman–Crippen MR) is 103 cm³/mol. The summed E-state index contributed by atoms with van der Waals surface area (Å²) >= 11 is 0. The molecule has 1 N–H and O–H groups in total. The number of rotatable bonds is 7. The van der Waals surface area contributed by atoms with E-state index in [0.717, 1.165) is 37.9 Å². The lowest BCUT2D eigenvalue weighted by Crippen LogP contribution is -2.35. The summed E-state index contributed by atoms with van der Waals surface area (Å²) in [5, 5.41) is 6.85. The van der Waals surface area contributed by atoms with Crippen molar-refractivity contribution in [1.29, 1.82) is 0 Å². The van der Waals surface area contributed by atoms with Gasteiger partial charge in [0, 0.05) is 39.1 Å². The number of alkyl carbamates (subject to hydrolysis) is 1. The highest BCUT2D eigenvalue weighted by atomic mass is 19.4. The van der Waals surface area contributed by atoms with Crippen LogP contribution in [0.4, 0.5) is 23.9 Å². The second kappa shape index (κ2) is 9.77. The van der Waals surface area contributed by atoms with Crippen molar-refractivity contribution in [3.05, 3.63) is 35.9 Å². The monoisotopic (exact) mass is 426 g/mol. The van der Waals surface area contributed by atoms with Gasteiger partial charge in [0.25, 0.3) is 0 Å². The molecule has 0 unspecified atom stereocenters. The molecule has 3 heterocycles. The molecule has 0 aromatic carbocycles. The molecule has 2 aromatic heterocycles. The molecular formula is C19H25F3N6O2. The number of hydrogen-bond donors (Lipinski definition) is 1. The van der Waals surface area contributed by atoms with Crippen LogP contribution in [0.1, 0.15) is 37.1 Å². The minimum absolute atomic E-state index is 0.126. The second-order valence-electron chi connectivity index (χ2n) is 7.30. The molecule has 30 heavy (non-hydrogen) atoms. The van der Waals surface area contributed by atoms with E-state index in [-0.39, 0.29) is 12.6 Å². The Kier molecular flexibility index (Phi) is 7.11. The van der Waals surface area contributed by atoms with Gasteiger partial charge in [-0.3, -0.25) is 4.68 Å². The number of carbonyl (C=O) groups is 1. The number of nitrogens with one attached hydrogen (secondary N) is 1. The van der Waals surface area contributed by atoms with Crippen LogP contribution in [0.2, 0.25) is 0 Å². The van der Waals surface area contributed by atoms with Gasteiger partial charge in [-0.1, -0.05) is 0 Å². The third-order valence-corrected chi connectivity index (χ3v) is 5.01. The van der Waals surface area contributed by atoms with E-state index in [2.05, 4.69) is 20.4 Å². The van der Waals surface area contributed by atoms with Gasteiger partial charge in [0.15, 0.2) is 0 Å². The van der Waals surface area contributed by atoms with Crippen molar-refractivity contribution >= 4 is 12.0 Å². The highest BCUT2D eigenvalue weighted by Crippen LogP contribution is 2.29. The van der Waals surface area contributed by atoms with E-state index in [4.69, 9.17) is 4.74 Å². The molecule has 0 radical (unpaired) electrons. The molecule has 0 spiro atoms. The van der Waals surface area contributed by atoms with E-state index in [0.29, 0.717) is 31.2 Å². The predicted octanol–water partition coefficient (Wildman–Crippen LogP) is 3.15. The maximum absolute atomic E-state index is 12.8. The summed E-state index contributed by atoms with van der Waals surface area (Å²) in [5.41, 5.74) is -0.236. The molecule has 0 saturated carbocycles. The van der Waals surface area contributed by atoms with Crippen LogP contribution in [0, 0.1) is 5.92 Å². The number of amides is 1. The molecule has 1 fully saturated rings. The van der Waals surface area contributed by atoms with Crippen LogP contribution in [-0.4, -0.2) is 45.5 Å². The molecule has 0 atom stereocenters. The number of aromatic nitrogens is 4. The van der Waals surface area contributed by atoms with Crippen molar-refractivity contribution in [2.75, 3.05) is 24.5 Å². The van der Waals surface area contributed by atoms with Crippen molar-refractivity contribution in [2.45, 2.75) is 38.5 Å². The number of ether oxygens (including phenoxy) is 1. The number of halogens is 3. The molecule has 164 valence electrons. The van der Waals surface area contributed by atoms with Crippen molar-refractivity contribution in [1.82, 2.24) is 25.1 Å². The van der Waals surface area contributed by atoms with Gasteiger partial charge < -0.3 is 15.0 Å². The van der Waals surface area contributed by atoms with Crippen LogP contribution in [0.25, 0.3) is 0 Å². The molecular weight excluding hydrogens is 401 g/mol. The van der Waals surface area contributed by atoms with Crippen molar-refractivity contribution < 1.29 is 22.7 Å². The van der Waals surface area contributed by atoms with Crippen molar-refractivity contribution in [3.63, 3.8) is 0 Å². The summed E-state index contributed by atoms with van der Waals surface area (Å²) in [6.07, 6.45) is 1.42. The highest BCUT2D eigenvalue weighted by molar-refractivity contribution is 5.66. The SMILES string of the molecule is Cn1ccc(COC(=O)NCCCC2CCN(c3nccc(C(F)(F)F)n3)CC2)n1. The number of carbonyl (C=O) groups excluding carboxylic acids is 1. The largest absolute Gasteiger partial charge is 0.443 e. The van der Waals surface area contributed by atoms with Crippen molar-refractivity contribution in [3.8, 4) is 0 Å². The summed E-state index contributed by atoms with van der Waals surface area (Å²) in [7, 11) is 1.79. The Balaban J connectivity index is 1.32. The highest BCUT2D eigenvalue weighted by Gasteiger charge is 2.33. The third-order valence-electron chi connectivity index (χ3n) is 5.01. The van der Waals surface area contributed by atoms with Crippen LogP contribution in [-0.2, 0) is 24.6 Å². The zero-order chi connectivity index (χ0) is 21.6. The molecule has 0 aliphatic carbocycles. The van der Waals surface area contributed by atoms with Gasteiger partial charge in [-0.05, 0) is 43.7 Å². The van der Waals surface area contributed by atoms with Gasteiger partial charge in [0.1, 0.15) is 12.3 Å². The molecule has 11 heteroatoms. The zero-order valence-electron chi connectivity index (χ0n) is 16.7. The molecule has 0 bridgehead atoms. The summed E-state index contributed by atoms with van der Waals surface area (Å²) in [4.78, 5) is 21.1. The lowest BCUT2D eigenvalue weighted by Gasteiger charge is -2.32. The first-order valence-electron chi connectivity index (χ1n) is 9.85. The average Bonchev–Trinajstić information content (AvgIpc) is 3.15. The van der Waals surface area contributed by atoms with E-state index >= 15 is 0 Å². The lowest BCUT2D eigenvalue weighted by molar-refractivity contribution is -0.141. The molecule has 2 aromatic rings. The molecule has 1 amide bonds. The Morgan fingerprint density at radius 3 is 2.73 bits per heavy atom. The van der Waals surface area contributed by atoms with Gasteiger partial charge in [0.2, 0.25) is 5.95 Å².